The molecule has 0 aromatic heterocycles. The molecule has 2 rings (SSSR count). The number of thioether (sulfide) groups is 1. The first-order valence-electron chi connectivity index (χ1n) is 7.00. The summed E-state index contributed by atoms with van der Waals surface area (Å²) in [5.41, 5.74) is 1.85. The van der Waals surface area contributed by atoms with Gasteiger partial charge in [0.25, 0.3) is 0 Å². The molecular formula is C15H20N2O3S. The van der Waals surface area contributed by atoms with Gasteiger partial charge in [-0.05, 0) is 25.5 Å². The monoisotopic (exact) mass is 308 g/mol. The van der Waals surface area contributed by atoms with Gasteiger partial charge in [0.05, 0.1) is 0 Å². The van der Waals surface area contributed by atoms with Crippen LogP contribution in [0.4, 0.5) is 10.5 Å². The standard InChI is InChI=1S/C15H20N2O3S/c1-3-16(12-7-5-4-6-11(12)2)15(20)17-8-9-21-10-13(17)14(18)19/h4-7,13H,3,8-10H2,1-2H3,(H,18,19). The van der Waals surface area contributed by atoms with Gasteiger partial charge in [0, 0.05) is 30.3 Å². The second-order valence-corrected chi connectivity index (χ2v) is 6.09. The normalized spacial score (nSPS) is 18.4. The number of rotatable bonds is 3. The molecule has 0 aliphatic carbocycles. The number of carbonyl (C=O) groups excluding carboxylic acids is 1. The minimum Gasteiger partial charge on any atom is -0.480 e. The van der Waals surface area contributed by atoms with E-state index in [-0.39, 0.29) is 6.03 Å². The summed E-state index contributed by atoms with van der Waals surface area (Å²) < 4.78 is 0. The summed E-state index contributed by atoms with van der Waals surface area (Å²) in [5.74, 6) is 0.296. The highest BCUT2D eigenvalue weighted by molar-refractivity contribution is 7.99. The van der Waals surface area contributed by atoms with Crippen LogP contribution in [-0.2, 0) is 4.79 Å². The zero-order valence-electron chi connectivity index (χ0n) is 12.3. The second-order valence-electron chi connectivity index (χ2n) is 4.94. The Balaban J connectivity index is 2.27. The van der Waals surface area contributed by atoms with E-state index in [1.807, 2.05) is 38.1 Å². The van der Waals surface area contributed by atoms with Gasteiger partial charge in [-0.1, -0.05) is 18.2 Å². The summed E-state index contributed by atoms with van der Waals surface area (Å²) >= 11 is 1.58. The molecule has 1 N–H and O–H groups in total. The Morgan fingerprint density at radius 2 is 2.14 bits per heavy atom. The molecule has 1 atom stereocenters. The SMILES string of the molecule is CCN(C(=O)N1CCSCC1C(=O)O)c1ccccc1C. The average molecular weight is 308 g/mol. The van der Waals surface area contributed by atoms with Crippen molar-refractivity contribution in [2.24, 2.45) is 0 Å². The van der Waals surface area contributed by atoms with E-state index < -0.39 is 12.0 Å². The van der Waals surface area contributed by atoms with Gasteiger partial charge in [-0.2, -0.15) is 11.8 Å². The highest BCUT2D eigenvalue weighted by Crippen LogP contribution is 2.24. The van der Waals surface area contributed by atoms with Gasteiger partial charge < -0.3 is 10.0 Å². The molecule has 1 aromatic rings. The second kappa shape index (κ2) is 6.85. The van der Waals surface area contributed by atoms with Crippen molar-refractivity contribution >= 4 is 29.4 Å². The van der Waals surface area contributed by atoms with Crippen LogP contribution in [0, 0.1) is 6.92 Å². The molecule has 1 heterocycles. The van der Waals surface area contributed by atoms with Crippen LogP contribution in [0.1, 0.15) is 12.5 Å². The third-order valence-corrected chi connectivity index (χ3v) is 4.64. The maximum absolute atomic E-state index is 12.8. The minimum absolute atomic E-state index is 0.223. The average Bonchev–Trinajstić information content (AvgIpc) is 2.49. The summed E-state index contributed by atoms with van der Waals surface area (Å²) in [5, 5.41) is 9.31. The van der Waals surface area contributed by atoms with Crippen molar-refractivity contribution < 1.29 is 14.7 Å². The molecular weight excluding hydrogens is 288 g/mol. The van der Waals surface area contributed by atoms with E-state index in [9.17, 15) is 14.7 Å². The molecule has 5 nitrogen and oxygen atoms in total. The van der Waals surface area contributed by atoms with Crippen molar-refractivity contribution in [3.63, 3.8) is 0 Å². The van der Waals surface area contributed by atoms with Gasteiger partial charge in [0.2, 0.25) is 0 Å². The van der Waals surface area contributed by atoms with E-state index in [0.717, 1.165) is 17.0 Å². The lowest BCUT2D eigenvalue weighted by Gasteiger charge is -2.36. The summed E-state index contributed by atoms with van der Waals surface area (Å²) in [6, 6.07) is 6.69. The Kier molecular flexibility index (Phi) is 5.12. The lowest BCUT2D eigenvalue weighted by Crippen LogP contribution is -2.55. The van der Waals surface area contributed by atoms with Crippen LogP contribution in [0.2, 0.25) is 0 Å². The number of urea groups is 1. The number of hydrogen-bond donors (Lipinski definition) is 1. The van der Waals surface area contributed by atoms with E-state index in [1.54, 1.807) is 16.7 Å². The molecule has 6 heteroatoms. The number of carboxylic acids is 1. The van der Waals surface area contributed by atoms with Crippen LogP contribution in [0.3, 0.4) is 0 Å². The Morgan fingerprint density at radius 3 is 2.76 bits per heavy atom. The lowest BCUT2D eigenvalue weighted by molar-refractivity contribution is -0.141. The van der Waals surface area contributed by atoms with Crippen LogP contribution < -0.4 is 4.90 Å². The van der Waals surface area contributed by atoms with E-state index in [2.05, 4.69) is 0 Å². The topological polar surface area (TPSA) is 60.9 Å². The van der Waals surface area contributed by atoms with Crippen molar-refractivity contribution in [3.8, 4) is 0 Å². The Labute approximate surface area is 128 Å². The van der Waals surface area contributed by atoms with Crippen LogP contribution in [0.5, 0.6) is 0 Å². The minimum atomic E-state index is -0.934. The first-order valence-corrected chi connectivity index (χ1v) is 8.16. The third kappa shape index (κ3) is 3.32. The summed E-state index contributed by atoms with van der Waals surface area (Å²) in [6.45, 7) is 4.84. The Morgan fingerprint density at radius 1 is 1.43 bits per heavy atom. The number of aliphatic carboxylic acids is 1. The molecule has 114 valence electrons. The zero-order valence-corrected chi connectivity index (χ0v) is 13.1. The van der Waals surface area contributed by atoms with Crippen LogP contribution >= 0.6 is 11.8 Å². The van der Waals surface area contributed by atoms with Crippen molar-refractivity contribution in [2.45, 2.75) is 19.9 Å². The highest BCUT2D eigenvalue weighted by Gasteiger charge is 2.35. The van der Waals surface area contributed by atoms with E-state index in [1.165, 1.54) is 4.90 Å². The van der Waals surface area contributed by atoms with Crippen molar-refractivity contribution in [1.82, 2.24) is 4.90 Å². The smallest absolute Gasteiger partial charge is 0.327 e. The molecule has 1 aromatic carbocycles. The van der Waals surface area contributed by atoms with Gasteiger partial charge in [0.15, 0.2) is 0 Å². The largest absolute Gasteiger partial charge is 0.480 e. The fourth-order valence-corrected chi connectivity index (χ4v) is 3.51. The van der Waals surface area contributed by atoms with Crippen molar-refractivity contribution in [3.05, 3.63) is 29.8 Å². The predicted octanol–water partition coefficient (Wildman–Crippen LogP) is 2.44. The third-order valence-electron chi connectivity index (χ3n) is 3.61. The quantitative estimate of drug-likeness (QED) is 0.931. The molecule has 0 radical (unpaired) electrons. The number of carboxylic acid groups (broad SMARTS) is 1. The van der Waals surface area contributed by atoms with E-state index in [0.29, 0.717) is 18.8 Å². The number of hydrogen-bond acceptors (Lipinski definition) is 3. The molecule has 0 bridgehead atoms. The Hall–Kier alpha value is -1.69. The first kappa shape index (κ1) is 15.7. The Bertz CT molecular complexity index is 535. The molecule has 1 saturated heterocycles. The number of para-hydroxylation sites is 1. The van der Waals surface area contributed by atoms with Gasteiger partial charge >= 0.3 is 12.0 Å². The molecule has 0 spiro atoms. The van der Waals surface area contributed by atoms with Crippen LogP contribution in [-0.4, -0.2) is 52.6 Å². The molecule has 1 unspecified atom stereocenters. The number of amides is 2. The molecule has 2 amide bonds. The van der Waals surface area contributed by atoms with Gasteiger partial charge in [0.1, 0.15) is 6.04 Å². The van der Waals surface area contributed by atoms with Gasteiger partial charge in [-0.3, -0.25) is 4.90 Å². The number of nitrogens with zero attached hydrogens (tertiary/aromatic N) is 2. The molecule has 1 aliphatic rings. The zero-order chi connectivity index (χ0) is 15.4. The van der Waals surface area contributed by atoms with Gasteiger partial charge in [-0.15, -0.1) is 0 Å². The first-order chi connectivity index (χ1) is 10.1. The lowest BCUT2D eigenvalue weighted by atomic mass is 10.2. The number of aryl methyl sites for hydroxylation is 1. The fraction of sp³-hybridized carbons (Fsp3) is 0.467. The van der Waals surface area contributed by atoms with Crippen LogP contribution in [0.15, 0.2) is 24.3 Å². The molecule has 1 fully saturated rings. The maximum atomic E-state index is 12.8. The predicted molar refractivity (Wildman–Crippen MR) is 85.0 cm³/mol. The summed E-state index contributed by atoms with van der Waals surface area (Å²) in [6.07, 6.45) is 0. The van der Waals surface area contributed by atoms with Crippen molar-refractivity contribution in [2.75, 3.05) is 29.5 Å². The maximum Gasteiger partial charge on any atom is 0.327 e. The molecule has 0 saturated carbocycles. The van der Waals surface area contributed by atoms with E-state index in [4.69, 9.17) is 0 Å². The van der Waals surface area contributed by atoms with Gasteiger partial charge in [-0.25, -0.2) is 9.59 Å². The van der Waals surface area contributed by atoms with Crippen molar-refractivity contribution in [1.29, 1.82) is 0 Å². The summed E-state index contributed by atoms with van der Waals surface area (Å²) in [4.78, 5) is 27.3. The number of anilines is 1. The highest BCUT2D eigenvalue weighted by atomic mass is 32.2. The number of benzene rings is 1. The summed E-state index contributed by atoms with van der Waals surface area (Å²) in [7, 11) is 0. The number of carbonyl (C=O) groups is 2. The van der Waals surface area contributed by atoms with E-state index >= 15 is 0 Å². The molecule has 21 heavy (non-hydrogen) atoms. The van der Waals surface area contributed by atoms with Crippen LogP contribution in [0.25, 0.3) is 0 Å². The fourth-order valence-electron chi connectivity index (χ4n) is 2.47. The molecule has 1 aliphatic heterocycles.